The molecule has 0 aromatic carbocycles. The number of nitrogens with zero attached hydrogens (tertiary/aromatic N) is 1. The monoisotopic (exact) mass is 228 g/mol. The molecule has 3 nitrogen and oxygen atoms in total. The Balaban J connectivity index is 4.77. The Morgan fingerprint density at radius 1 is 1.12 bits per heavy atom. The van der Waals surface area contributed by atoms with E-state index in [9.17, 15) is 4.79 Å². The normalized spacial score (nSPS) is 11.6. The molecule has 16 heavy (non-hydrogen) atoms. The predicted octanol–water partition coefficient (Wildman–Crippen LogP) is 2.40. The van der Waals surface area contributed by atoms with Crippen LogP contribution in [-0.4, -0.2) is 30.9 Å². The summed E-state index contributed by atoms with van der Waals surface area (Å²) in [6.07, 6.45) is 4.85. The zero-order valence-corrected chi connectivity index (χ0v) is 11.4. The van der Waals surface area contributed by atoms with E-state index in [2.05, 4.69) is 20.8 Å². The molecule has 0 aromatic heterocycles. The van der Waals surface area contributed by atoms with Crippen LogP contribution >= 0.6 is 0 Å². The van der Waals surface area contributed by atoms with Crippen molar-refractivity contribution in [3.63, 3.8) is 0 Å². The quantitative estimate of drug-likeness (QED) is 0.693. The van der Waals surface area contributed by atoms with E-state index in [-0.39, 0.29) is 11.3 Å². The largest absolute Gasteiger partial charge is 0.345 e. The summed E-state index contributed by atoms with van der Waals surface area (Å²) in [6, 6.07) is 0. The standard InChI is InChI=1S/C13H28N2O/c1-5-8-13(11-14,9-6-2)12(16)15(4)10-7-3/h5-11,14H2,1-4H3. The van der Waals surface area contributed by atoms with Crippen LogP contribution in [0, 0.1) is 5.41 Å². The highest BCUT2D eigenvalue weighted by atomic mass is 16.2. The van der Waals surface area contributed by atoms with Crippen LogP contribution in [0.1, 0.15) is 52.9 Å². The lowest BCUT2D eigenvalue weighted by atomic mass is 9.78. The number of carbonyl (C=O) groups excluding carboxylic acids is 1. The Morgan fingerprint density at radius 3 is 1.94 bits per heavy atom. The van der Waals surface area contributed by atoms with Crippen molar-refractivity contribution in [2.45, 2.75) is 52.9 Å². The van der Waals surface area contributed by atoms with Crippen molar-refractivity contribution in [2.75, 3.05) is 20.1 Å². The van der Waals surface area contributed by atoms with E-state index in [1.165, 1.54) is 0 Å². The Bertz CT molecular complexity index is 198. The molecule has 0 aromatic rings. The summed E-state index contributed by atoms with van der Waals surface area (Å²) < 4.78 is 0. The third-order valence-corrected chi connectivity index (χ3v) is 3.21. The number of rotatable bonds is 8. The van der Waals surface area contributed by atoms with Gasteiger partial charge < -0.3 is 10.6 Å². The van der Waals surface area contributed by atoms with E-state index in [1.54, 1.807) is 0 Å². The fourth-order valence-electron chi connectivity index (χ4n) is 2.43. The smallest absolute Gasteiger partial charge is 0.229 e. The van der Waals surface area contributed by atoms with E-state index < -0.39 is 0 Å². The maximum absolute atomic E-state index is 12.4. The van der Waals surface area contributed by atoms with Gasteiger partial charge in [-0.25, -0.2) is 0 Å². The molecule has 0 heterocycles. The minimum atomic E-state index is -0.312. The Labute approximate surface area is 100 Å². The second kappa shape index (κ2) is 7.66. The first-order chi connectivity index (χ1) is 7.57. The number of carbonyl (C=O) groups is 1. The predicted molar refractivity (Wildman–Crippen MR) is 69.2 cm³/mol. The molecule has 0 saturated heterocycles. The van der Waals surface area contributed by atoms with Gasteiger partial charge in [0.15, 0.2) is 0 Å². The highest BCUT2D eigenvalue weighted by Gasteiger charge is 2.36. The van der Waals surface area contributed by atoms with Gasteiger partial charge in [0.25, 0.3) is 0 Å². The number of hydrogen-bond acceptors (Lipinski definition) is 2. The topological polar surface area (TPSA) is 46.3 Å². The van der Waals surface area contributed by atoms with Crippen molar-refractivity contribution in [2.24, 2.45) is 11.1 Å². The summed E-state index contributed by atoms with van der Waals surface area (Å²) >= 11 is 0. The highest BCUT2D eigenvalue weighted by molar-refractivity contribution is 5.82. The number of hydrogen-bond donors (Lipinski definition) is 1. The zero-order valence-electron chi connectivity index (χ0n) is 11.4. The summed E-state index contributed by atoms with van der Waals surface area (Å²) in [4.78, 5) is 14.3. The molecule has 0 bridgehead atoms. The molecule has 0 aliphatic rings. The molecule has 0 aliphatic heterocycles. The zero-order chi connectivity index (χ0) is 12.6. The first kappa shape index (κ1) is 15.4. The van der Waals surface area contributed by atoms with Gasteiger partial charge in [0.05, 0.1) is 5.41 Å². The minimum absolute atomic E-state index is 0.237. The van der Waals surface area contributed by atoms with E-state index in [4.69, 9.17) is 5.73 Å². The first-order valence-electron chi connectivity index (χ1n) is 6.53. The second-order valence-electron chi connectivity index (χ2n) is 4.71. The summed E-state index contributed by atoms with van der Waals surface area (Å²) in [5.74, 6) is 0.237. The van der Waals surface area contributed by atoms with Crippen molar-refractivity contribution in [3.05, 3.63) is 0 Å². The van der Waals surface area contributed by atoms with Crippen LogP contribution in [0.3, 0.4) is 0 Å². The van der Waals surface area contributed by atoms with Gasteiger partial charge in [-0.15, -0.1) is 0 Å². The molecule has 3 heteroatoms. The first-order valence-corrected chi connectivity index (χ1v) is 6.53. The molecule has 0 radical (unpaired) electrons. The SMILES string of the molecule is CCCN(C)C(=O)C(CN)(CCC)CCC. The summed E-state index contributed by atoms with van der Waals surface area (Å²) in [6.45, 7) is 7.63. The molecule has 2 N–H and O–H groups in total. The van der Waals surface area contributed by atoms with Crippen LogP contribution in [0.15, 0.2) is 0 Å². The van der Waals surface area contributed by atoms with Crippen molar-refractivity contribution in [3.8, 4) is 0 Å². The van der Waals surface area contributed by atoms with Gasteiger partial charge in [-0.1, -0.05) is 33.6 Å². The molecule has 0 aliphatic carbocycles. The molecule has 1 amide bonds. The van der Waals surface area contributed by atoms with Crippen LogP contribution in [-0.2, 0) is 4.79 Å². The molecule has 0 saturated carbocycles. The van der Waals surface area contributed by atoms with Crippen molar-refractivity contribution in [1.29, 1.82) is 0 Å². The van der Waals surface area contributed by atoms with Gasteiger partial charge in [-0.2, -0.15) is 0 Å². The Kier molecular flexibility index (Phi) is 7.39. The third-order valence-electron chi connectivity index (χ3n) is 3.21. The summed E-state index contributed by atoms with van der Waals surface area (Å²) in [5.41, 5.74) is 5.56. The van der Waals surface area contributed by atoms with Crippen molar-refractivity contribution < 1.29 is 4.79 Å². The maximum Gasteiger partial charge on any atom is 0.229 e. The minimum Gasteiger partial charge on any atom is -0.345 e. The average Bonchev–Trinajstić information content (AvgIpc) is 2.28. The third kappa shape index (κ3) is 3.78. The van der Waals surface area contributed by atoms with Gasteiger partial charge >= 0.3 is 0 Å². The molecular weight excluding hydrogens is 200 g/mol. The van der Waals surface area contributed by atoms with Gasteiger partial charge in [-0.05, 0) is 19.3 Å². The van der Waals surface area contributed by atoms with Crippen LogP contribution in [0.25, 0.3) is 0 Å². The molecular formula is C13H28N2O. The van der Waals surface area contributed by atoms with Crippen LogP contribution in [0.4, 0.5) is 0 Å². The molecule has 0 rings (SSSR count). The maximum atomic E-state index is 12.4. The molecule has 0 atom stereocenters. The van der Waals surface area contributed by atoms with Crippen LogP contribution in [0.5, 0.6) is 0 Å². The van der Waals surface area contributed by atoms with Gasteiger partial charge in [-0.3, -0.25) is 4.79 Å². The molecule has 0 fully saturated rings. The van der Waals surface area contributed by atoms with E-state index >= 15 is 0 Å². The van der Waals surface area contributed by atoms with E-state index in [0.717, 1.165) is 38.6 Å². The summed E-state index contributed by atoms with van der Waals surface area (Å²) in [7, 11) is 1.89. The Morgan fingerprint density at radius 2 is 1.62 bits per heavy atom. The van der Waals surface area contributed by atoms with E-state index in [0.29, 0.717) is 6.54 Å². The van der Waals surface area contributed by atoms with Crippen LogP contribution < -0.4 is 5.73 Å². The molecule has 0 spiro atoms. The molecule has 96 valence electrons. The number of amides is 1. The average molecular weight is 228 g/mol. The van der Waals surface area contributed by atoms with E-state index in [1.807, 2.05) is 11.9 Å². The number of nitrogens with two attached hydrogens (primary N) is 1. The van der Waals surface area contributed by atoms with Crippen LogP contribution in [0.2, 0.25) is 0 Å². The lowest BCUT2D eigenvalue weighted by molar-refractivity contribution is -0.141. The molecule has 0 unspecified atom stereocenters. The fraction of sp³-hybridized carbons (Fsp3) is 0.923. The Hall–Kier alpha value is -0.570. The van der Waals surface area contributed by atoms with Gasteiger partial charge in [0, 0.05) is 20.1 Å². The highest BCUT2D eigenvalue weighted by Crippen LogP contribution is 2.30. The van der Waals surface area contributed by atoms with Crippen molar-refractivity contribution >= 4 is 5.91 Å². The van der Waals surface area contributed by atoms with Gasteiger partial charge in [0.1, 0.15) is 0 Å². The lowest BCUT2D eigenvalue weighted by Gasteiger charge is -2.34. The lowest BCUT2D eigenvalue weighted by Crippen LogP contribution is -2.46. The second-order valence-corrected chi connectivity index (χ2v) is 4.71. The van der Waals surface area contributed by atoms with Gasteiger partial charge in [0.2, 0.25) is 5.91 Å². The van der Waals surface area contributed by atoms with Crippen molar-refractivity contribution in [1.82, 2.24) is 4.90 Å². The summed E-state index contributed by atoms with van der Waals surface area (Å²) in [5, 5.41) is 0. The fourth-order valence-corrected chi connectivity index (χ4v) is 2.43.